The first-order chi connectivity index (χ1) is 6.74. The molecule has 1 aliphatic carbocycles. The molecule has 2 heteroatoms. The van der Waals surface area contributed by atoms with Crippen molar-refractivity contribution in [3.8, 4) is 0 Å². The monoisotopic (exact) mass is 214 g/mol. The van der Waals surface area contributed by atoms with Gasteiger partial charge in [0.15, 0.2) is 0 Å². The maximum absolute atomic E-state index is 11.8. The van der Waals surface area contributed by atoms with E-state index in [9.17, 15) is 4.79 Å². The van der Waals surface area contributed by atoms with Crippen LogP contribution in [-0.2, 0) is 4.79 Å². The molecule has 2 atom stereocenters. The van der Waals surface area contributed by atoms with E-state index in [2.05, 4.69) is 13.8 Å². The van der Waals surface area contributed by atoms with E-state index >= 15 is 0 Å². The molecule has 0 heterocycles. The summed E-state index contributed by atoms with van der Waals surface area (Å²) in [6, 6.07) is 0. The van der Waals surface area contributed by atoms with Gasteiger partial charge in [-0.25, -0.2) is 0 Å². The van der Waals surface area contributed by atoms with Gasteiger partial charge in [-0.1, -0.05) is 26.7 Å². The topological polar surface area (TPSA) is 17.1 Å². The third-order valence-electron chi connectivity index (χ3n) is 2.98. The van der Waals surface area contributed by atoms with Crippen molar-refractivity contribution in [2.75, 3.05) is 11.5 Å². The lowest BCUT2D eigenvalue weighted by Crippen LogP contribution is -2.23. The zero-order valence-corrected chi connectivity index (χ0v) is 10.2. The van der Waals surface area contributed by atoms with Crippen LogP contribution in [0.4, 0.5) is 0 Å². The van der Waals surface area contributed by atoms with Crippen molar-refractivity contribution in [2.45, 2.75) is 46.0 Å². The molecule has 0 aliphatic heterocycles. The number of carbonyl (C=O) groups excluding carboxylic acids is 1. The summed E-state index contributed by atoms with van der Waals surface area (Å²) in [7, 11) is 0. The van der Waals surface area contributed by atoms with Crippen LogP contribution in [0.15, 0.2) is 0 Å². The van der Waals surface area contributed by atoms with Gasteiger partial charge >= 0.3 is 0 Å². The van der Waals surface area contributed by atoms with Crippen molar-refractivity contribution < 1.29 is 4.79 Å². The lowest BCUT2D eigenvalue weighted by atomic mass is 9.81. The van der Waals surface area contributed by atoms with E-state index in [1.165, 1.54) is 19.3 Å². The average molecular weight is 214 g/mol. The van der Waals surface area contributed by atoms with Crippen LogP contribution in [0.5, 0.6) is 0 Å². The van der Waals surface area contributed by atoms with E-state index in [-0.39, 0.29) is 0 Å². The van der Waals surface area contributed by atoms with E-state index in [0.717, 1.165) is 30.3 Å². The summed E-state index contributed by atoms with van der Waals surface area (Å²) < 4.78 is 0. The van der Waals surface area contributed by atoms with E-state index in [1.54, 1.807) is 11.8 Å². The minimum atomic E-state index is 0.392. The second-order valence-electron chi connectivity index (χ2n) is 4.49. The number of carbonyl (C=O) groups is 1. The maximum Gasteiger partial charge on any atom is 0.145 e. The largest absolute Gasteiger partial charge is 0.298 e. The molecule has 1 rings (SSSR count). The normalized spacial score (nSPS) is 27.6. The number of Topliss-reactive ketones (excluding diaryl/α,β-unsaturated/α-hetero) is 1. The summed E-state index contributed by atoms with van der Waals surface area (Å²) in [6.45, 7) is 4.44. The van der Waals surface area contributed by atoms with Gasteiger partial charge in [0.2, 0.25) is 0 Å². The van der Waals surface area contributed by atoms with Gasteiger partial charge < -0.3 is 0 Å². The minimum Gasteiger partial charge on any atom is -0.298 e. The molecule has 1 saturated carbocycles. The molecule has 0 aromatic rings. The van der Waals surface area contributed by atoms with Crippen LogP contribution in [0.25, 0.3) is 0 Å². The molecule has 0 saturated heterocycles. The molecule has 1 aliphatic rings. The summed E-state index contributed by atoms with van der Waals surface area (Å²) in [5.41, 5.74) is 0. The Labute approximate surface area is 92.0 Å². The lowest BCUT2D eigenvalue weighted by Gasteiger charge is -2.25. The molecule has 0 N–H and O–H groups in total. The molecular formula is C12H22OS. The summed E-state index contributed by atoms with van der Waals surface area (Å²) in [6.07, 6.45) is 6.06. The Hall–Kier alpha value is 0.0200. The molecular weight excluding hydrogens is 192 g/mol. The third kappa shape index (κ3) is 4.04. The van der Waals surface area contributed by atoms with Crippen molar-refractivity contribution in [1.82, 2.24) is 0 Å². The van der Waals surface area contributed by atoms with Crippen LogP contribution in [-0.4, -0.2) is 17.3 Å². The predicted octanol–water partition coefficient (Wildman–Crippen LogP) is 3.53. The van der Waals surface area contributed by atoms with Gasteiger partial charge in [-0.3, -0.25) is 4.79 Å². The van der Waals surface area contributed by atoms with Crippen molar-refractivity contribution in [3.63, 3.8) is 0 Å². The number of hydrogen-bond donors (Lipinski definition) is 0. The first kappa shape index (κ1) is 12.1. The fourth-order valence-electron chi connectivity index (χ4n) is 2.16. The smallest absolute Gasteiger partial charge is 0.145 e. The van der Waals surface area contributed by atoms with Crippen LogP contribution >= 0.6 is 11.8 Å². The number of hydrogen-bond acceptors (Lipinski definition) is 2. The summed E-state index contributed by atoms with van der Waals surface area (Å²) in [4.78, 5) is 11.8. The average Bonchev–Trinajstić information content (AvgIpc) is 2.18. The number of thioether (sulfide) groups is 1. The predicted molar refractivity (Wildman–Crippen MR) is 63.7 cm³/mol. The Morgan fingerprint density at radius 3 is 2.86 bits per heavy atom. The van der Waals surface area contributed by atoms with E-state index in [1.807, 2.05) is 0 Å². The highest BCUT2D eigenvalue weighted by Gasteiger charge is 2.24. The van der Waals surface area contributed by atoms with Gasteiger partial charge in [-0.15, -0.1) is 0 Å². The van der Waals surface area contributed by atoms with Crippen LogP contribution in [0.2, 0.25) is 0 Å². The van der Waals surface area contributed by atoms with E-state index in [0.29, 0.717) is 11.7 Å². The Balaban J connectivity index is 2.22. The van der Waals surface area contributed by atoms with Crippen molar-refractivity contribution >= 4 is 17.5 Å². The van der Waals surface area contributed by atoms with Gasteiger partial charge in [-0.05, 0) is 30.9 Å². The summed E-state index contributed by atoms with van der Waals surface area (Å²) in [5, 5.41) is 0. The second-order valence-corrected chi connectivity index (χ2v) is 5.59. The Morgan fingerprint density at radius 1 is 1.43 bits per heavy atom. The van der Waals surface area contributed by atoms with Crippen LogP contribution < -0.4 is 0 Å². The maximum atomic E-state index is 11.8. The third-order valence-corrected chi connectivity index (χ3v) is 4.17. The van der Waals surface area contributed by atoms with Crippen LogP contribution in [0, 0.1) is 11.8 Å². The highest BCUT2D eigenvalue weighted by Crippen LogP contribution is 2.29. The molecule has 82 valence electrons. The molecule has 1 fully saturated rings. The van der Waals surface area contributed by atoms with Gasteiger partial charge in [0.25, 0.3) is 0 Å². The fourth-order valence-corrected chi connectivity index (χ4v) is 3.03. The van der Waals surface area contributed by atoms with Gasteiger partial charge in [-0.2, -0.15) is 11.8 Å². The van der Waals surface area contributed by atoms with Crippen LogP contribution in [0.1, 0.15) is 46.0 Å². The highest BCUT2D eigenvalue weighted by molar-refractivity contribution is 7.99. The van der Waals surface area contributed by atoms with E-state index in [4.69, 9.17) is 0 Å². The zero-order valence-electron chi connectivity index (χ0n) is 9.42. The first-order valence-corrected chi connectivity index (χ1v) is 7.00. The highest BCUT2D eigenvalue weighted by atomic mass is 32.2. The molecule has 0 bridgehead atoms. The Morgan fingerprint density at radius 2 is 2.21 bits per heavy atom. The Kier molecular flexibility index (Phi) is 5.61. The molecule has 0 aromatic heterocycles. The lowest BCUT2D eigenvalue weighted by molar-refractivity contribution is -0.121. The quantitative estimate of drug-likeness (QED) is 0.651. The fraction of sp³-hybridized carbons (Fsp3) is 0.917. The number of ketones is 1. The van der Waals surface area contributed by atoms with Crippen molar-refractivity contribution in [3.05, 3.63) is 0 Å². The first-order valence-electron chi connectivity index (χ1n) is 5.84. The van der Waals surface area contributed by atoms with Crippen LogP contribution in [0.3, 0.4) is 0 Å². The standard InChI is InChI=1S/C12H22OS/c1-3-7-14-9-12(13)11-6-4-5-10(2)8-11/h10-11H,3-9H2,1-2H3. The molecule has 0 aromatic carbocycles. The molecule has 2 unspecified atom stereocenters. The van der Waals surface area contributed by atoms with Gasteiger partial charge in [0.1, 0.15) is 5.78 Å². The van der Waals surface area contributed by atoms with Crippen molar-refractivity contribution in [1.29, 1.82) is 0 Å². The van der Waals surface area contributed by atoms with Gasteiger partial charge in [0, 0.05) is 5.92 Å². The zero-order chi connectivity index (χ0) is 10.4. The second kappa shape index (κ2) is 6.49. The molecule has 0 amide bonds. The molecule has 0 radical (unpaired) electrons. The molecule has 14 heavy (non-hydrogen) atoms. The summed E-state index contributed by atoms with van der Waals surface area (Å²) in [5.74, 6) is 3.56. The SMILES string of the molecule is CCCSCC(=O)C1CCCC(C)C1. The number of rotatable bonds is 5. The van der Waals surface area contributed by atoms with E-state index < -0.39 is 0 Å². The van der Waals surface area contributed by atoms with Crippen molar-refractivity contribution in [2.24, 2.45) is 11.8 Å². The summed E-state index contributed by atoms with van der Waals surface area (Å²) >= 11 is 1.81. The minimum absolute atomic E-state index is 0.392. The van der Waals surface area contributed by atoms with Gasteiger partial charge in [0.05, 0.1) is 5.75 Å². The Bertz CT molecular complexity index is 179. The molecule has 1 nitrogen and oxygen atoms in total. The molecule has 0 spiro atoms.